The first kappa shape index (κ1) is 14.4. The zero-order valence-electron chi connectivity index (χ0n) is 12.5. The van der Waals surface area contributed by atoms with E-state index in [0.717, 1.165) is 5.56 Å². The molecule has 5 heteroatoms. The summed E-state index contributed by atoms with van der Waals surface area (Å²) in [6.45, 7) is 7.06. The third-order valence-corrected chi connectivity index (χ3v) is 3.55. The predicted octanol–water partition coefficient (Wildman–Crippen LogP) is 1.63. The average Bonchev–Trinajstić information content (AvgIpc) is 2.37. The first-order chi connectivity index (χ1) is 9.27. The molecule has 1 saturated heterocycles. The lowest BCUT2D eigenvalue weighted by atomic mass is 9.96. The molecule has 1 aliphatic rings. The number of ether oxygens (including phenoxy) is 1. The molecule has 0 spiro atoms. The number of methoxy groups -OCH3 is 1. The maximum Gasteiger partial charge on any atom is 0.253 e. The van der Waals surface area contributed by atoms with Crippen molar-refractivity contribution < 1.29 is 14.3 Å². The molecule has 1 fully saturated rings. The average molecular weight is 276 g/mol. The van der Waals surface area contributed by atoms with E-state index in [-0.39, 0.29) is 11.8 Å². The number of amides is 2. The number of anilines is 1. The SMILES string of the molecule is COc1ccc(C)cc1N1C(=O)C(C)(C)NC(=O)C1C. The Kier molecular flexibility index (Phi) is 3.46. The van der Waals surface area contributed by atoms with E-state index in [1.807, 2.05) is 25.1 Å². The summed E-state index contributed by atoms with van der Waals surface area (Å²) in [5.74, 6) is 0.271. The fraction of sp³-hybridized carbons (Fsp3) is 0.467. The summed E-state index contributed by atoms with van der Waals surface area (Å²) in [4.78, 5) is 26.2. The highest BCUT2D eigenvalue weighted by atomic mass is 16.5. The molecule has 2 amide bonds. The van der Waals surface area contributed by atoms with Crippen molar-refractivity contribution in [3.8, 4) is 5.75 Å². The lowest BCUT2D eigenvalue weighted by Crippen LogP contribution is -2.67. The number of hydrogen-bond donors (Lipinski definition) is 1. The van der Waals surface area contributed by atoms with Crippen molar-refractivity contribution in [2.75, 3.05) is 12.0 Å². The fourth-order valence-corrected chi connectivity index (χ4v) is 2.37. The molecule has 20 heavy (non-hydrogen) atoms. The van der Waals surface area contributed by atoms with Gasteiger partial charge in [0, 0.05) is 0 Å². The van der Waals surface area contributed by atoms with Gasteiger partial charge in [0.15, 0.2) is 0 Å². The minimum atomic E-state index is -0.918. The fourth-order valence-electron chi connectivity index (χ4n) is 2.37. The summed E-state index contributed by atoms with van der Waals surface area (Å²) in [5.41, 5.74) is 0.718. The summed E-state index contributed by atoms with van der Waals surface area (Å²) in [5, 5.41) is 2.74. The molecule has 1 aromatic carbocycles. The standard InChI is InChI=1S/C15H20N2O3/c1-9-6-7-12(20-5)11(8-9)17-10(2)13(18)16-15(3,4)14(17)19/h6-8,10H,1-5H3,(H,16,18). The number of aryl methyl sites for hydroxylation is 1. The highest BCUT2D eigenvalue weighted by Gasteiger charge is 2.44. The number of benzene rings is 1. The van der Waals surface area contributed by atoms with Crippen molar-refractivity contribution in [1.29, 1.82) is 0 Å². The summed E-state index contributed by atoms with van der Waals surface area (Å²) in [7, 11) is 1.55. The van der Waals surface area contributed by atoms with Gasteiger partial charge in [-0.15, -0.1) is 0 Å². The Morgan fingerprint density at radius 3 is 2.55 bits per heavy atom. The summed E-state index contributed by atoms with van der Waals surface area (Å²) >= 11 is 0. The molecule has 1 atom stereocenters. The minimum absolute atomic E-state index is 0.145. The Morgan fingerprint density at radius 2 is 1.95 bits per heavy atom. The first-order valence-electron chi connectivity index (χ1n) is 6.58. The van der Waals surface area contributed by atoms with Gasteiger partial charge in [-0.05, 0) is 45.4 Å². The van der Waals surface area contributed by atoms with Crippen LogP contribution in [0.1, 0.15) is 26.3 Å². The molecule has 5 nitrogen and oxygen atoms in total. The molecule has 2 rings (SSSR count). The van der Waals surface area contributed by atoms with Crippen molar-refractivity contribution >= 4 is 17.5 Å². The molecule has 0 saturated carbocycles. The zero-order chi connectivity index (χ0) is 15.1. The van der Waals surface area contributed by atoms with Gasteiger partial charge in [0.2, 0.25) is 5.91 Å². The number of piperazine rings is 1. The molecule has 0 aromatic heterocycles. The monoisotopic (exact) mass is 276 g/mol. The van der Waals surface area contributed by atoms with Gasteiger partial charge in [0.25, 0.3) is 5.91 Å². The lowest BCUT2D eigenvalue weighted by molar-refractivity contribution is -0.136. The second kappa shape index (κ2) is 4.81. The number of nitrogens with one attached hydrogen (secondary N) is 1. The number of carbonyl (C=O) groups excluding carboxylic acids is 2. The van der Waals surface area contributed by atoms with Crippen molar-refractivity contribution in [3.63, 3.8) is 0 Å². The van der Waals surface area contributed by atoms with Crippen molar-refractivity contribution in [2.24, 2.45) is 0 Å². The molecular weight excluding hydrogens is 256 g/mol. The van der Waals surface area contributed by atoms with Gasteiger partial charge in [-0.25, -0.2) is 0 Å². The molecule has 108 valence electrons. The van der Waals surface area contributed by atoms with E-state index < -0.39 is 11.6 Å². The quantitative estimate of drug-likeness (QED) is 0.893. The van der Waals surface area contributed by atoms with Crippen LogP contribution in [0.2, 0.25) is 0 Å². The molecule has 0 radical (unpaired) electrons. The van der Waals surface area contributed by atoms with E-state index in [2.05, 4.69) is 5.32 Å². The van der Waals surface area contributed by atoms with Gasteiger partial charge >= 0.3 is 0 Å². The smallest absolute Gasteiger partial charge is 0.253 e. The third-order valence-electron chi connectivity index (χ3n) is 3.55. The largest absolute Gasteiger partial charge is 0.495 e. The zero-order valence-corrected chi connectivity index (χ0v) is 12.5. The molecule has 1 aliphatic heterocycles. The maximum absolute atomic E-state index is 12.6. The highest BCUT2D eigenvalue weighted by Crippen LogP contribution is 2.34. The van der Waals surface area contributed by atoms with Gasteiger partial charge in [-0.2, -0.15) is 0 Å². The summed E-state index contributed by atoms with van der Waals surface area (Å²) in [6.07, 6.45) is 0. The van der Waals surface area contributed by atoms with Crippen LogP contribution in [0.15, 0.2) is 18.2 Å². The van der Waals surface area contributed by atoms with Crippen molar-refractivity contribution in [1.82, 2.24) is 5.32 Å². The molecule has 0 aliphatic carbocycles. The van der Waals surface area contributed by atoms with E-state index in [1.165, 1.54) is 4.90 Å². The minimum Gasteiger partial charge on any atom is -0.495 e. The summed E-state index contributed by atoms with van der Waals surface area (Å²) < 4.78 is 5.33. The van der Waals surface area contributed by atoms with Crippen LogP contribution < -0.4 is 15.0 Å². The van der Waals surface area contributed by atoms with Crippen LogP contribution in [0.5, 0.6) is 5.75 Å². The second-order valence-corrected chi connectivity index (χ2v) is 5.64. The van der Waals surface area contributed by atoms with Crippen LogP contribution in [-0.4, -0.2) is 30.5 Å². The van der Waals surface area contributed by atoms with Gasteiger partial charge in [-0.3, -0.25) is 14.5 Å². The lowest BCUT2D eigenvalue weighted by Gasteiger charge is -2.41. The Morgan fingerprint density at radius 1 is 1.30 bits per heavy atom. The van der Waals surface area contributed by atoms with Gasteiger partial charge in [-0.1, -0.05) is 6.07 Å². The van der Waals surface area contributed by atoms with E-state index in [1.54, 1.807) is 27.9 Å². The Balaban J connectivity index is 2.56. The van der Waals surface area contributed by atoms with E-state index in [0.29, 0.717) is 11.4 Å². The Labute approximate surface area is 118 Å². The van der Waals surface area contributed by atoms with Gasteiger partial charge in [0.1, 0.15) is 17.3 Å². The van der Waals surface area contributed by atoms with Crippen LogP contribution in [0.4, 0.5) is 5.69 Å². The van der Waals surface area contributed by atoms with Crippen LogP contribution in [0.3, 0.4) is 0 Å². The van der Waals surface area contributed by atoms with Crippen LogP contribution in [0, 0.1) is 6.92 Å². The van der Waals surface area contributed by atoms with Crippen LogP contribution >= 0.6 is 0 Å². The molecule has 1 N–H and O–H groups in total. The number of nitrogens with zero attached hydrogens (tertiary/aromatic N) is 1. The van der Waals surface area contributed by atoms with Crippen molar-refractivity contribution in [3.05, 3.63) is 23.8 Å². The van der Waals surface area contributed by atoms with E-state index >= 15 is 0 Å². The van der Waals surface area contributed by atoms with E-state index in [9.17, 15) is 9.59 Å². The molecular formula is C15H20N2O3. The van der Waals surface area contributed by atoms with Gasteiger partial charge < -0.3 is 10.1 Å². The molecule has 1 heterocycles. The summed E-state index contributed by atoms with van der Waals surface area (Å²) in [6, 6.07) is 5.02. The normalized spacial score (nSPS) is 21.6. The highest BCUT2D eigenvalue weighted by molar-refractivity contribution is 6.10. The predicted molar refractivity (Wildman–Crippen MR) is 76.9 cm³/mol. The Hall–Kier alpha value is -2.04. The molecule has 1 unspecified atom stereocenters. The van der Waals surface area contributed by atoms with E-state index in [4.69, 9.17) is 4.74 Å². The topological polar surface area (TPSA) is 58.6 Å². The van der Waals surface area contributed by atoms with Crippen LogP contribution in [-0.2, 0) is 9.59 Å². The maximum atomic E-state index is 12.6. The second-order valence-electron chi connectivity index (χ2n) is 5.64. The van der Waals surface area contributed by atoms with Crippen molar-refractivity contribution in [2.45, 2.75) is 39.3 Å². The first-order valence-corrected chi connectivity index (χ1v) is 6.58. The number of rotatable bonds is 2. The molecule has 1 aromatic rings. The van der Waals surface area contributed by atoms with Crippen LogP contribution in [0.25, 0.3) is 0 Å². The number of hydrogen-bond acceptors (Lipinski definition) is 3. The number of carbonyl (C=O) groups is 2. The molecule has 0 bridgehead atoms. The van der Waals surface area contributed by atoms with Gasteiger partial charge in [0.05, 0.1) is 12.8 Å². The third kappa shape index (κ3) is 2.24. The Bertz CT molecular complexity index is 566.